The van der Waals surface area contributed by atoms with Crippen LogP contribution in [-0.4, -0.2) is 155 Å². The van der Waals surface area contributed by atoms with Gasteiger partial charge in [0.05, 0.1) is 17.6 Å². The molecule has 0 radical (unpaired) electrons. The topological polar surface area (TPSA) is 126 Å². The Hall–Kier alpha value is -1.70. The average molecular weight is 640 g/mol. The van der Waals surface area contributed by atoms with Gasteiger partial charge in [0.15, 0.2) is 24.4 Å². The quantitative estimate of drug-likeness (QED) is 0.162. The summed E-state index contributed by atoms with van der Waals surface area (Å²) >= 11 is 6.96. The fraction of sp³-hybridized carbons (Fsp3) is 0.871. The summed E-state index contributed by atoms with van der Waals surface area (Å²) < 4.78 is 18.6. The number of likely N-dealkylation sites (tertiary alicyclic amines) is 1. The van der Waals surface area contributed by atoms with E-state index in [1.807, 2.05) is 29.9 Å². The predicted molar refractivity (Wildman–Crippen MR) is 171 cm³/mol. The summed E-state index contributed by atoms with van der Waals surface area (Å²) in [7, 11) is 0. The van der Waals surface area contributed by atoms with Gasteiger partial charge in [0, 0.05) is 70.6 Å². The molecule has 6 aliphatic heterocycles. The number of fused-ring (bicyclic) bond motifs is 4. The minimum atomic E-state index is -1.14. The standard InChI is InChI=1S/C31H54ClFN9O2/c1-4-20(3)42-19-22(33)18-39(5-2)30(42)26(28(34)35)29(43)37-25-17-36-16-24(32)27(25)40-12-6-21(7-13-40)31(44)41-15-14-38-10-8-23(41)9-11-38/h18,21-28,30,36H,4-17,19,34-35H2,1-3H3/q+1/p+1. The number of amides is 2. The fourth-order valence-electron chi connectivity index (χ4n) is 8.23. The van der Waals surface area contributed by atoms with Crippen molar-refractivity contribution in [3.63, 3.8) is 0 Å². The Morgan fingerprint density at radius 1 is 1.07 bits per heavy atom. The first kappa shape index (κ1) is 33.7. The van der Waals surface area contributed by atoms with E-state index in [1.165, 1.54) is 0 Å². The number of piperidine rings is 3. The van der Waals surface area contributed by atoms with E-state index in [1.54, 1.807) is 6.21 Å². The van der Waals surface area contributed by atoms with Crippen LogP contribution in [0.4, 0.5) is 4.39 Å². The van der Waals surface area contributed by atoms with Gasteiger partial charge in [-0.3, -0.25) is 14.5 Å². The van der Waals surface area contributed by atoms with E-state index in [0.29, 0.717) is 31.6 Å². The lowest BCUT2D eigenvalue weighted by Crippen LogP contribution is -2.68. The summed E-state index contributed by atoms with van der Waals surface area (Å²) in [6.45, 7) is 13.4. The number of carbonyl (C=O) groups is 2. The molecule has 6 unspecified atom stereocenters. The maximum atomic E-state index is 14.8. The number of nitrogens with one attached hydrogen (secondary N) is 2. The highest BCUT2D eigenvalue weighted by Crippen LogP contribution is 2.29. The molecule has 0 saturated carbocycles. The van der Waals surface area contributed by atoms with Gasteiger partial charge in [-0.05, 0) is 45.7 Å². The molecule has 6 aliphatic rings. The maximum Gasteiger partial charge on any atom is 0.357 e. The predicted octanol–water partition coefficient (Wildman–Crippen LogP) is -0.407. The van der Waals surface area contributed by atoms with E-state index in [2.05, 4.69) is 25.3 Å². The van der Waals surface area contributed by atoms with Crippen molar-refractivity contribution in [1.82, 2.24) is 25.3 Å². The van der Waals surface area contributed by atoms with Crippen LogP contribution in [0.3, 0.4) is 0 Å². The normalized spacial score (nSPS) is 35.7. The summed E-state index contributed by atoms with van der Waals surface area (Å²) in [5.41, 5.74) is 13.6. The Kier molecular flexibility index (Phi) is 11.3. The number of halogens is 2. The molecule has 13 heteroatoms. The van der Waals surface area contributed by atoms with E-state index in [9.17, 15) is 14.0 Å². The van der Waals surface area contributed by atoms with Crippen molar-refractivity contribution in [2.75, 3.05) is 65.4 Å². The number of carbonyl (C=O) groups excluding carboxylic acids is 2. The van der Waals surface area contributed by atoms with Crippen molar-refractivity contribution in [2.45, 2.75) is 94.9 Å². The molecule has 0 aromatic rings. The SMILES string of the molecule is CCC(C)=[N+]1CC(F)C=[N+](CC)C1C(C(=O)NC1CNCC(Cl)C1N1CCC(C(=O)N2CCN3CCC2CC3)CC1)C(N)N. The number of rotatable bonds is 8. The Balaban J connectivity index is 1.28. The molecule has 11 nitrogen and oxygen atoms in total. The van der Waals surface area contributed by atoms with Crippen LogP contribution in [0.2, 0.25) is 0 Å². The molecule has 6 heterocycles. The monoisotopic (exact) mass is 639 g/mol. The van der Waals surface area contributed by atoms with Crippen molar-refractivity contribution in [1.29, 1.82) is 0 Å². The molecule has 0 aromatic heterocycles. The van der Waals surface area contributed by atoms with Crippen LogP contribution in [0.5, 0.6) is 0 Å². The summed E-state index contributed by atoms with van der Waals surface area (Å²) in [6, 6.07) is 0.0291. The van der Waals surface area contributed by atoms with Crippen molar-refractivity contribution >= 4 is 35.3 Å². The Labute approximate surface area is 267 Å². The zero-order valence-electron chi connectivity index (χ0n) is 26.8. The third-order valence-electron chi connectivity index (χ3n) is 10.8. The Bertz CT molecular complexity index is 1090. The number of nitrogens with two attached hydrogens (primary N) is 2. The molecule has 0 aromatic carbocycles. The molecule has 5 saturated heterocycles. The van der Waals surface area contributed by atoms with Crippen LogP contribution in [0.1, 0.15) is 52.9 Å². The second kappa shape index (κ2) is 14.8. The molecule has 44 heavy (non-hydrogen) atoms. The number of nitrogens with zero attached hydrogens (tertiary/aromatic N) is 5. The van der Waals surface area contributed by atoms with E-state index in [0.717, 1.165) is 77.1 Å². The summed E-state index contributed by atoms with van der Waals surface area (Å²) in [5.74, 6) is -0.685. The highest BCUT2D eigenvalue weighted by Gasteiger charge is 2.52. The average Bonchev–Trinajstić information content (AvgIpc) is 3.35. The molecule has 0 aliphatic carbocycles. The smallest absolute Gasteiger partial charge is 0.350 e. The van der Waals surface area contributed by atoms with Gasteiger partial charge in [-0.15, -0.1) is 11.6 Å². The zero-order valence-corrected chi connectivity index (χ0v) is 27.6. The summed E-state index contributed by atoms with van der Waals surface area (Å²) in [5, 5.41) is 6.45. The van der Waals surface area contributed by atoms with Crippen LogP contribution in [-0.2, 0) is 9.59 Å². The lowest BCUT2D eigenvalue weighted by molar-refractivity contribution is -0.792. The molecular weight excluding hydrogens is 585 g/mol. The largest absolute Gasteiger partial charge is 0.357 e. The van der Waals surface area contributed by atoms with Crippen molar-refractivity contribution < 1.29 is 23.1 Å². The van der Waals surface area contributed by atoms with E-state index in [4.69, 9.17) is 23.1 Å². The van der Waals surface area contributed by atoms with Crippen LogP contribution >= 0.6 is 11.6 Å². The molecule has 2 bridgehead atoms. The number of alkyl halides is 2. The number of hydrogen-bond acceptors (Lipinski definition) is 7. The van der Waals surface area contributed by atoms with Crippen LogP contribution in [0.15, 0.2) is 0 Å². The number of hydrogen-bond donors (Lipinski definition) is 4. The highest BCUT2D eigenvalue weighted by molar-refractivity contribution is 6.21. The zero-order chi connectivity index (χ0) is 31.5. The minimum Gasteiger partial charge on any atom is -0.350 e. The molecule has 6 atom stereocenters. The Morgan fingerprint density at radius 2 is 1.77 bits per heavy atom. The van der Waals surface area contributed by atoms with Gasteiger partial charge in [0.1, 0.15) is 6.54 Å². The second-order valence-electron chi connectivity index (χ2n) is 13.4. The highest BCUT2D eigenvalue weighted by atomic mass is 35.5. The molecule has 6 N–H and O–H groups in total. The minimum absolute atomic E-state index is 0.0347. The first-order valence-electron chi connectivity index (χ1n) is 16.9. The van der Waals surface area contributed by atoms with Gasteiger partial charge in [-0.25, -0.2) is 4.39 Å². The molecule has 248 valence electrons. The van der Waals surface area contributed by atoms with E-state index in [-0.39, 0.29) is 35.8 Å². The molecule has 2 amide bonds. The van der Waals surface area contributed by atoms with Gasteiger partial charge in [-0.1, -0.05) is 6.92 Å². The molecule has 0 spiro atoms. The van der Waals surface area contributed by atoms with Gasteiger partial charge < -0.3 is 31.9 Å². The molecule has 5 fully saturated rings. The van der Waals surface area contributed by atoms with Crippen molar-refractivity contribution in [3.8, 4) is 0 Å². The van der Waals surface area contributed by atoms with Gasteiger partial charge in [0.25, 0.3) is 0 Å². The van der Waals surface area contributed by atoms with Crippen molar-refractivity contribution in [3.05, 3.63) is 0 Å². The first-order chi connectivity index (χ1) is 21.1. The molecule has 6 rings (SSSR count). The Morgan fingerprint density at radius 3 is 2.41 bits per heavy atom. The molecular formula is C31H55ClFN9O2+2. The third kappa shape index (κ3) is 7.15. The van der Waals surface area contributed by atoms with Gasteiger partial charge in [0.2, 0.25) is 18.0 Å². The summed E-state index contributed by atoms with van der Waals surface area (Å²) in [4.78, 5) is 34.8. The van der Waals surface area contributed by atoms with Crippen LogP contribution in [0, 0.1) is 11.8 Å². The third-order valence-corrected chi connectivity index (χ3v) is 11.3. The van der Waals surface area contributed by atoms with Gasteiger partial charge >= 0.3 is 6.17 Å². The lowest BCUT2D eigenvalue weighted by Gasteiger charge is -2.46. The maximum absolute atomic E-state index is 14.8. The van der Waals surface area contributed by atoms with Crippen LogP contribution in [0.25, 0.3) is 0 Å². The van der Waals surface area contributed by atoms with Crippen LogP contribution < -0.4 is 22.1 Å². The fourth-order valence-corrected chi connectivity index (χ4v) is 8.67. The summed E-state index contributed by atoms with van der Waals surface area (Å²) in [6.07, 6.45) is 3.48. The van der Waals surface area contributed by atoms with E-state index < -0.39 is 24.4 Å². The second-order valence-corrected chi connectivity index (χ2v) is 14.0. The van der Waals surface area contributed by atoms with Crippen molar-refractivity contribution in [2.24, 2.45) is 23.3 Å². The van der Waals surface area contributed by atoms with Gasteiger partial charge in [-0.2, -0.15) is 9.15 Å². The first-order valence-corrected chi connectivity index (χ1v) is 17.3. The lowest BCUT2D eigenvalue weighted by atomic mass is 9.89. The van der Waals surface area contributed by atoms with E-state index >= 15 is 0 Å².